The maximum atomic E-state index is 10.7. The number of aromatic nitrogens is 3. The van der Waals surface area contributed by atoms with Crippen molar-refractivity contribution < 1.29 is 9.53 Å². The maximum absolute atomic E-state index is 10.7. The van der Waals surface area contributed by atoms with E-state index in [2.05, 4.69) is 14.9 Å². The topological polar surface area (TPSA) is 57.0 Å². The van der Waals surface area contributed by atoms with Crippen LogP contribution in [-0.2, 0) is 16.6 Å². The van der Waals surface area contributed by atoms with Gasteiger partial charge in [-0.15, -0.1) is 10.2 Å². The number of hydrogen-bond donors (Lipinski definition) is 0. The zero-order valence-electron chi connectivity index (χ0n) is 6.85. The van der Waals surface area contributed by atoms with Crippen molar-refractivity contribution in [3.63, 3.8) is 0 Å². The minimum absolute atomic E-state index is 0.261. The number of carbonyl (C=O) groups is 1. The average molecular weight is 187 g/mol. The van der Waals surface area contributed by atoms with E-state index < -0.39 is 0 Å². The van der Waals surface area contributed by atoms with Gasteiger partial charge >= 0.3 is 5.97 Å². The first kappa shape index (κ1) is 9.05. The van der Waals surface area contributed by atoms with Gasteiger partial charge in [0.15, 0.2) is 5.16 Å². The first-order valence-electron chi connectivity index (χ1n) is 3.27. The van der Waals surface area contributed by atoms with Crippen molar-refractivity contribution in [2.75, 3.05) is 12.9 Å². The lowest BCUT2D eigenvalue weighted by Crippen LogP contribution is -2.04. The van der Waals surface area contributed by atoms with Crippen LogP contribution in [0.3, 0.4) is 0 Å². The highest BCUT2D eigenvalue weighted by Gasteiger charge is 2.05. The standard InChI is InChI=1S/C6H9N3O2S/c1-9-4-7-8-6(9)12-3-5(10)11-2/h4H,3H2,1-2H3. The second kappa shape index (κ2) is 4.10. The van der Waals surface area contributed by atoms with Gasteiger partial charge in [0.05, 0.1) is 12.9 Å². The quantitative estimate of drug-likeness (QED) is 0.495. The number of esters is 1. The molecule has 0 aliphatic heterocycles. The van der Waals surface area contributed by atoms with Gasteiger partial charge in [-0.1, -0.05) is 11.8 Å². The van der Waals surface area contributed by atoms with E-state index >= 15 is 0 Å². The molecule has 0 unspecified atom stereocenters. The Morgan fingerprint density at radius 2 is 2.58 bits per heavy atom. The fraction of sp³-hybridized carbons (Fsp3) is 0.500. The number of carbonyl (C=O) groups excluding carboxylic acids is 1. The number of ether oxygens (including phenoxy) is 1. The predicted molar refractivity (Wildman–Crippen MR) is 43.7 cm³/mol. The Morgan fingerprint density at radius 1 is 1.83 bits per heavy atom. The van der Waals surface area contributed by atoms with Crippen molar-refractivity contribution in [1.82, 2.24) is 14.8 Å². The molecule has 1 rings (SSSR count). The summed E-state index contributed by atoms with van der Waals surface area (Å²) < 4.78 is 6.21. The van der Waals surface area contributed by atoms with E-state index in [0.717, 1.165) is 0 Å². The van der Waals surface area contributed by atoms with Crippen molar-refractivity contribution in [2.24, 2.45) is 7.05 Å². The predicted octanol–water partition coefficient (Wildman–Crippen LogP) is 0.0802. The second-order valence-electron chi connectivity index (χ2n) is 2.09. The van der Waals surface area contributed by atoms with Gasteiger partial charge in [0.1, 0.15) is 6.33 Å². The molecule has 0 atom stereocenters. The van der Waals surface area contributed by atoms with Gasteiger partial charge in [-0.25, -0.2) is 0 Å². The molecule has 0 saturated heterocycles. The fourth-order valence-electron chi connectivity index (χ4n) is 0.586. The highest BCUT2D eigenvalue weighted by Crippen LogP contribution is 2.12. The van der Waals surface area contributed by atoms with Crippen LogP contribution < -0.4 is 0 Å². The van der Waals surface area contributed by atoms with E-state index in [4.69, 9.17) is 0 Å². The summed E-state index contributed by atoms with van der Waals surface area (Å²) in [6, 6.07) is 0. The minimum atomic E-state index is -0.261. The van der Waals surface area contributed by atoms with Crippen LogP contribution in [0.15, 0.2) is 11.5 Å². The molecule has 1 aromatic heterocycles. The summed E-state index contributed by atoms with van der Waals surface area (Å²) in [6.45, 7) is 0. The molecule has 5 nitrogen and oxygen atoms in total. The summed E-state index contributed by atoms with van der Waals surface area (Å²) in [5, 5.41) is 8.16. The van der Waals surface area contributed by atoms with Gasteiger partial charge in [-0.2, -0.15) is 0 Å². The van der Waals surface area contributed by atoms with Crippen LogP contribution in [0.1, 0.15) is 0 Å². The monoisotopic (exact) mass is 187 g/mol. The summed E-state index contributed by atoms with van der Waals surface area (Å²) in [5.74, 6) is 0.00579. The molecule has 0 aromatic carbocycles. The van der Waals surface area contributed by atoms with Crippen molar-refractivity contribution in [3.8, 4) is 0 Å². The largest absolute Gasteiger partial charge is 0.468 e. The Kier molecular flexibility index (Phi) is 3.09. The molecule has 1 aromatic rings. The van der Waals surface area contributed by atoms with E-state index in [1.165, 1.54) is 18.9 Å². The molecule has 66 valence electrons. The number of rotatable bonds is 3. The van der Waals surface area contributed by atoms with E-state index in [1.54, 1.807) is 10.9 Å². The molecule has 0 amide bonds. The lowest BCUT2D eigenvalue weighted by Gasteiger charge is -1.97. The van der Waals surface area contributed by atoms with Crippen LogP contribution in [0, 0.1) is 0 Å². The van der Waals surface area contributed by atoms with Crippen LogP contribution in [0.4, 0.5) is 0 Å². The first-order valence-corrected chi connectivity index (χ1v) is 4.26. The van der Waals surface area contributed by atoms with E-state index in [1.807, 2.05) is 7.05 Å². The number of nitrogens with zero attached hydrogens (tertiary/aromatic N) is 3. The normalized spacial score (nSPS) is 9.83. The van der Waals surface area contributed by atoms with Gasteiger partial charge in [-0.3, -0.25) is 4.79 Å². The van der Waals surface area contributed by atoms with Crippen LogP contribution in [0.25, 0.3) is 0 Å². The van der Waals surface area contributed by atoms with E-state index in [-0.39, 0.29) is 11.7 Å². The zero-order chi connectivity index (χ0) is 8.97. The van der Waals surface area contributed by atoms with Gasteiger partial charge in [-0.05, 0) is 0 Å². The summed E-state index contributed by atoms with van der Waals surface area (Å²) in [4.78, 5) is 10.7. The second-order valence-corrected chi connectivity index (χ2v) is 3.03. The SMILES string of the molecule is COC(=O)CSc1nncn1C. The van der Waals surface area contributed by atoms with E-state index in [0.29, 0.717) is 5.16 Å². The van der Waals surface area contributed by atoms with E-state index in [9.17, 15) is 4.79 Å². The average Bonchev–Trinajstić information content (AvgIpc) is 2.47. The summed E-state index contributed by atoms with van der Waals surface area (Å²) in [6.07, 6.45) is 1.58. The summed E-state index contributed by atoms with van der Waals surface area (Å²) in [7, 11) is 3.18. The zero-order valence-corrected chi connectivity index (χ0v) is 7.67. The molecule has 0 aliphatic rings. The molecule has 12 heavy (non-hydrogen) atoms. The van der Waals surface area contributed by atoms with Crippen LogP contribution in [-0.4, -0.2) is 33.6 Å². The molecule has 0 saturated carbocycles. The van der Waals surface area contributed by atoms with Crippen LogP contribution >= 0.6 is 11.8 Å². The van der Waals surface area contributed by atoms with Gasteiger partial charge < -0.3 is 9.30 Å². The Labute approximate surface area is 74.1 Å². The molecule has 0 spiro atoms. The van der Waals surface area contributed by atoms with Crippen molar-refractivity contribution in [2.45, 2.75) is 5.16 Å². The lowest BCUT2D eigenvalue weighted by atomic mass is 10.8. The number of aryl methyl sites for hydroxylation is 1. The van der Waals surface area contributed by atoms with Crippen LogP contribution in [0.5, 0.6) is 0 Å². The minimum Gasteiger partial charge on any atom is -0.468 e. The molecular weight excluding hydrogens is 178 g/mol. The third kappa shape index (κ3) is 2.23. The highest BCUT2D eigenvalue weighted by atomic mass is 32.2. The number of methoxy groups -OCH3 is 1. The first-order chi connectivity index (χ1) is 5.74. The lowest BCUT2D eigenvalue weighted by molar-refractivity contribution is -0.137. The Bertz CT molecular complexity index is 274. The fourth-order valence-corrected chi connectivity index (χ4v) is 1.31. The molecule has 0 bridgehead atoms. The van der Waals surface area contributed by atoms with Crippen molar-refractivity contribution in [1.29, 1.82) is 0 Å². The Balaban J connectivity index is 2.43. The molecule has 0 radical (unpaired) electrons. The van der Waals surface area contributed by atoms with Gasteiger partial charge in [0, 0.05) is 7.05 Å². The highest BCUT2D eigenvalue weighted by molar-refractivity contribution is 7.99. The smallest absolute Gasteiger partial charge is 0.316 e. The van der Waals surface area contributed by atoms with Gasteiger partial charge in [0.25, 0.3) is 0 Å². The third-order valence-electron chi connectivity index (χ3n) is 1.22. The third-order valence-corrected chi connectivity index (χ3v) is 2.22. The van der Waals surface area contributed by atoms with Crippen molar-refractivity contribution in [3.05, 3.63) is 6.33 Å². The Hall–Kier alpha value is -1.04. The van der Waals surface area contributed by atoms with Crippen molar-refractivity contribution >= 4 is 17.7 Å². The van der Waals surface area contributed by atoms with Gasteiger partial charge in [0.2, 0.25) is 0 Å². The Morgan fingerprint density at radius 3 is 3.08 bits per heavy atom. The maximum Gasteiger partial charge on any atom is 0.316 e. The summed E-state index contributed by atoms with van der Waals surface area (Å²) >= 11 is 1.30. The number of thioether (sulfide) groups is 1. The number of hydrogen-bond acceptors (Lipinski definition) is 5. The molecule has 0 aliphatic carbocycles. The summed E-state index contributed by atoms with van der Waals surface area (Å²) in [5.41, 5.74) is 0. The van der Waals surface area contributed by atoms with Crippen LogP contribution in [0.2, 0.25) is 0 Å². The molecule has 0 N–H and O–H groups in total. The molecular formula is C6H9N3O2S. The molecule has 0 fully saturated rings. The molecule has 6 heteroatoms. The molecule has 1 heterocycles.